The van der Waals surface area contributed by atoms with Crippen LogP contribution < -0.4 is 0 Å². The molecule has 14 heavy (non-hydrogen) atoms. The fourth-order valence-corrected chi connectivity index (χ4v) is 2.02. The lowest BCUT2D eigenvalue weighted by molar-refractivity contribution is 0.240. The van der Waals surface area contributed by atoms with Crippen LogP contribution in [0, 0.1) is 0 Å². The summed E-state index contributed by atoms with van der Waals surface area (Å²) in [6.07, 6.45) is 0. The van der Waals surface area contributed by atoms with Crippen molar-refractivity contribution in [3.63, 3.8) is 0 Å². The van der Waals surface area contributed by atoms with Crippen molar-refractivity contribution < 1.29 is 9.00 Å². The van der Waals surface area contributed by atoms with Gasteiger partial charge in [-0.1, -0.05) is 30.3 Å². The van der Waals surface area contributed by atoms with Gasteiger partial charge in [0.25, 0.3) is 0 Å². The van der Waals surface area contributed by atoms with E-state index in [4.69, 9.17) is 0 Å². The summed E-state index contributed by atoms with van der Waals surface area (Å²) >= 11 is 0. The van der Waals surface area contributed by atoms with Crippen LogP contribution in [0.5, 0.6) is 0 Å². The molecule has 0 aliphatic rings. The largest absolute Gasteiger partial charge is 0.338 e. The number of nitrogens with zero attached hydrogens (tertiary/aromatic N) is 1. The Morgan fingerprint density at radius 3 is 2.36 bits per heavy atom. The highest BCUT2D eigenvalue weighted by Crippen LogP contribution is 2.04. The normalized spacial score (nSPS) is 12.1. The van der Waals surface area contributed by atoms with Crippen molar-refractivity contribution in [2.75, 3.05) is 14.1 Å². The third kappa shape index (κ3) is 2.96. The van der Waals surface area contributed by atoms with Gasteiger partial charge in [0.15, 0.2) is 0 Å². The molecule has 0 saturated carbocycles. The Balaban J connectivity index is 2.63. The van der Waals surface area contributed by atoms with Crippen LogP contribution in [0.1, 0.15) is 5.56 Å². The van der Waals surface area contributed by atoms with E-state index in [1.807, 2.05) is 30.3 Å². The summed E-state index contributed by atoms with van der Waals surface area (Å²) in [5, 5.41) is -0.339. The van der Waals surface area contributed by atoms with Crippen molar-refractivity contribution >= 4 is 16.0 Å². The van der Waals surface area contributed by atoms with Crippen molar-refractivity contribution in [3.8, 4) is 0 Å². The molecule has 0 aliphatic heterocycles. The molecule has 0 aromatic heterocycles. The van der Waals surface area contributed by atoms with Gasteiger partial charge in [0, 0.05) is 14.1 Å². The van der Waals surface area contributed by atoms with Gasteiger partial charge in [-0.3, -0.25) is 4.79 Å². The summed E-state index contributed by atoms with van der Waals surface area (Å²) in [6.45, 7) is 0. The summed E-state index contributed by atoms with van der Waals surface area (Å²) in [7, 11) is 1.75. The number of rotatable bonds is 2. The lowest BCUT2D eigenvalue weighted by Gasteiger charge is -2.08. The molecule has 76 valence electrons. The van der Waals surface area contributed by atoms with Gasteiger partial charge >= 0.3 is 5.24 Å². The summed E-state index contributed by atoms with van der Waals surface area (Å²) < 4.78 is 11.5. The summed E-state index contributed by atoms with van der Waals surface area (Å²) in [5.74, 6) is 0.290. The Kier molecular flexibility index (Phi) is 3.83. The maximum atomic E-state index is 11.5. The second-order valence-corrected chi connectivity index (χ2v) is 4.46. The molecule has 1 aromatic carbocycles. The number of hydrogen-bond donors (Lipinski definition) is 0. The van der Waals surface area contributed by atoms with Crippen LogP contribution in [0.4, 0.5) is 4.79 Å². The van der Waals surface area contributed by atoms with Gasteiger partial charge in [0.1, 0.15) is 10.8 Å². The average molecular weight is 211 g/mol. The molecule has 0 aliphatic carbocycles. The first-order valence-electron chi connectivity index (χ1n) is 4.25. The van der Waals surface area contributed by atoms with E-state index in [0.29, 0.717) is 0 Å². The predicted molar refractivity (Wildman–Crippen MR) is 57.4 cm³/mol. The van der Waals surface area contributed by atoms with Gasteiger partial charge < -0.3 is 4.90 Å². The minimum Gasteiger partial charge on any atom is -0.338 e. The van der Waals surface area contributed by atoms with Gasteiger partial charge in [0.2, 0.25) is 0 Å². The molecule has 0 bridgehead atoms. The number of carbonyl (C=O) groups is 1. The lowest BCUT2D eigenvalue weighted by Crippen LogP contribution is -2.25. The Hall–Kier alpha value is -1.16. The zero-order valence-corrected chi connectivity index (χ0v) is 9.08. The predicted octanol–water partition coefficient (Wildman–Crippen LogP) is 1.62. The van der Waals surface area contributed by atoms with Crippen LogP contribution in [0.15, 0.2) is 30.3 Å². The second-order valence-electron chi connectivity index (χ2n) is 3.14. The monoisotopic (exact) mass is 211 g/mol. The zero-order valence-electron chi connectivity index (χ0n) is 8.27. The van der Waals surface area contributed by atoms with Crippen molar-refractivity contribution in [2.45, 2.75) is 5.75 Å². The molecule has 1 rings (SSSR count). The molecule has 3 nitrogen and oxygen atoms in total. The molecule has 1 amide bonds. The second kappa shape index (κ2) is 4.91. The number of amides is 1. The van der Waals surface area contributed by atoms with E-state index in [2.05, 4.69) is 0 Å². The van der Waals surface area contributed by atoms with Crippen molar-refractivity contribution in [1.82, 2.24) is 4.90 Å². The highest BCUT2D eigenvalue weighted by atomic mass is 32.2. The number of carbonyl (C=O) groups excluding carboxylic acids is 1. The van der Waals surface area contributed by atoms with Crippen LogP contribution >= 0.6 is 0 Å². The molecule has 4 heteroatoms. The number of hydrogen-bond acceptors (Lipinski definition) is 2. The topological polar surface area (TPSA) is 37.4 Å². The zero-order chi connectivity index (χ0) is 10.6. The van der Waals surface area contributed by atoms with Gasteiger partial charge in [-0.2, -0.15) is 0 Å². The van der Waals surface area contributed by atoms with Crippen LogP contribution in [-0.2, 0) is 16.6 Å². The smallest absolute Gasteiger partial charge is 0.311 e. The average Bonchev–Trinajstić information content (AvgIpc) is 2.18. The summed E-state index contributed by atoms with van der Waals surface area (Å²) in [6, 6.07) is 9.35. The van der Waals surface area contributed by atoms with E-state index in [9.17, 15) is 9.00 Å². The van der Waals surface area contributed by atoms with Gasteiger partial charge in [0.05, 0.1) is 5.75 Å². The van der Waals surface area contributed by atoms with Gasteiger partial charge in [-0.05, 0) is 5.56 Å². The Morgan fingerprint density at radius 1 is 1.29 bits per heavy atom. The molecule has 0 saturated heterocycles. The lowest BCUT2D eigenvalue weighted by atomic mass is 10.2. The van der Waals surface area contributed by atoms with Crippen molar-refractivity contribution in [1.29, 1.82) is 0 Å². The Labute approximate surface area is 86.2 Å². The van der Waals surface area contributed by atoms with E-state index in [-0.39, 0.29) is 11.0 Å². The fourth-order valence-electron chi connectivity index (χ4n) is 0.991. The molecule has 1 atom stereocenters. The van der Waals surface area contributed by atoms with E-state index < -0.39 is 10.8 Å². The standard InChI is InChI=1S/C10H13NO2S/c1-11(2)10(12)14(13)8-9-6-4-3-5-7-9/h3-7H,8H2,1-2H3. The quantitative estimate of drug-likeness (QED) is 0.745. The highest BCUT2D eigenvalue weighted by Gasteiger charge is 2.13. The highest BCUT2D eigenvalue weighted by molar-refractivity contribution is 7.99. The van der Waals surface area contributed by atoms with Gasteiger partial charge in [-0.15, -0.1) is 0 Å². The molecule has 0 radical (unpaired) electrons. The molecular formula is C10H13NO2S. The van der Waals surface area contributed by atoms with Crippen molar-refractivity contribution in [3.05, 3.63) is 35.9 Å². The van der Waals surface area contributed by atoms with Crippen LogP contribution in [-0.4, -0.2) is 28.4 Å². The molecule has 1 unspecified atom stereocenters. The minimum atomic E-state index is -1.46. The third-order valence-electron chi connectivity index (χ3n) is 1.70. The van der Waals surface area contributed by atoms with E-state index in [1.54, 1.807) is 14.1 Å². The summed E-state index contributed by atoms with van der Waals surface area (Å²) in [4.78, 5) is 12.6. The molecule has 0 fully saturated rings. The van der Waals surface area contributed by atoms with Crippen molar-refractivity contribution in [2.24, 2.45) is 0 Å². The SMILES string of the molecule is CN(C)C(=O)S(=O)Cc1ccccc1. The first-order chi connectivity index (χ1) is 6.61. The molecule has 0 heterocycles. The number of benzene rings is 1. The first-order valence-corrected chi connectivity index (χ1v) is 5.56. The summed E-state index contributed by atoms with van der Waals surface area (Å²) in [5.41, 5.74) is 0.918. The first kappa shape index (κ1) is 10.9. The van der Waals surface area contributed by atoms with E-state index >= 15 is 0 Å². The Morgan fingerprint density at radius 2 is 1.86 bits per heavy atom. The van der Waals surface area contributed by atoms with E-state index in [0.717, 1.165) is 5.56 Å². The van der Waals surface area contributed by atoms with Crippen LogP contribution in [0.25, 0.3) is 0 Å². The Bertz CT molecular complexity index is 335. The maximum absolute atomic E-state index is 11.5. The molecule has 0 spiro atoms. The van der Waals surface area contributed by atoms with Gasteiger partial charge in [-0.25, -0.2) is 4.21 Å². The third-order valence-corrected chi connectivity index (χ3v) is 3.05. The minimum absolute atomic E-state index is 0.290. The molecule has 1 aromatic rings. The molecule has 0 N–H and O–H groups in total. The maximum Gasteiger partial charge on any atom is 0.311 e. The van der Waals surface area contributed by atoms with Crippen LogP contribution in [0.3, 0.4) is 0 Å². The molecular weight excluding hydrogens is 198 g/mol. The fraction of sp³-hybridized carbons (Fsp3) is 0.300. The van der Waals surface area contributed by atoms with Crippen LogP contribution in [0.2, 0.25) is 0 Å². The van der Waals surface area contributed by atoms with E-state index in [1.165, 1.54) is 4.90 Å².